The molecular weight excluding hydrogens is 218 g/mol. The molecule has 0 bridgehead atoms. The highest BCUT2D eigenvalue weighted by molar-refractivity contribution is 5.91. The number of carbonyl (C=O) groups excluding carboxylic acids is 2. The second-order valence-electron chi connectivity index (χ2n) is 4.90. The number of likely N-dealkylation sites (N-methyl/N-ethyl adjacent to an activating group) is 1. The van der Waals surface area contributed by atoms with Crippen LogP contribution in [0.3, 0.4) is 0 Å². The van der Waals surface area contributed by atoms with Crippen LogP contribution in [-0.2, 0) is 9.59 Å². The molecule has 2 aliphatic rings. The molecule has 2 N–H and O–H groups in total. The Bertz CT molecular complexity index is 304. The lowest BCUT2D eigenvalue weighted by atomic mass is 10.0. The number of piperidine rings is 1. The number of hydrogen-bond donors (Lipinski definition) is 2. The van der Waals surface area contributed by atoms with Crippen LogP contribution in [0.4, 0.5) is 0 Å². The summed E-state index contributed by atoms with van der Waals surface area (Å²) in [5.74, 6) is 0.112. The Kier molecular flexibility index (Phi) is 3.99. The molecule has 17 heavy (non-hydrogen) atoms. The fraction of sp³-hybridized carbons (Fsp3) is 0.833. The van der Waals surface area contributed by atoms with E-state index in [1.807, 2.05) is 11.9 Å². The molecule has 0 aromatic rings. The molecule has 0 aromatic carbocycles. The number of rotatable bonds is 3. The van der Waals surface area contributed by atoms with Gasteiger partial charge < -0.3 is 15.5 Å². The van der Waals surface area contributed by atoms with Gasteiger partial charge in [0.25, 0.3) is 0 Å². The number of hydrogen-bond acceptors (Lipinski definition) is 3. The third kappa shape index (κ3) is 2.77. The molecule has 96 valence electrons. The van der Waals surface area contributed by atoms with Crippen molar-refractivity contribution in [3.05, 3.63) is 0 Å². The van der Waals surface area contributed by atoms with E-state index in [-0.39, 0.29) is 17.9 Å². The molecular formula is C12H21N3O2. The van der Waals surface area contributed by atoms with E-state index in [1.165, 1.54) is 6.42 Å². The molecule has 0 radical (unpaired) electrons. The SMILES string of the molecule is CNCC1CCCCN1C(=O)[C@@H]1CCC(=O)N1. The van der Waals surface area contributed by atoms with E-state index in [1.54, 1.807) is 0 Å². The lowest BCUT2D eigenvalue weighted by Gasteiger charge is -2.37. The maximum absolute atomic E-state index is 12.3. The van der Waals surface area contributed by atoms with Gasteiger partial charge in [0.2, 0.25) is 11.8 Å². The van der Waals surface area contributed by atoms with Gasteiger partial charge in [0.15, 0.2) is 0 Å². The highest BCUT2D eigenvalue weighted by Crippen LogP contribution is 2.19. The maximum Gasteiger partial charge on any atom is 0.245 e. The van der Waals surface area contributed by atoms with Gasteiger partial charge in [-0.05, 0) is 32.7 Å². The molecule has 2 atom stereocenters. The van der Waals surface area contributed by atoms with Gasteiger partial charge in [-0.1, -0.05) is 0 Å². The van der Waals surface area contributed by atoms with Crippen LogP contribution in [0.25, 0.3) is 0 Å². The smallest absolute Gasteiger partial charge is 0.245 e. The van der Waals surface area contributed by atoms with Crippen LogP contribution in [-0.4, -0.2) is 48.9 Å². The molecule has 0 spiro atoms. The zero-order chi connectivity index (χ0) is 12.3. The van der Waals surface area contributed by atoms with Crippen LogP contribution in [0.15, 0.2) is 0 Å². The first-order valence-electron chi connectivity index (χ1n) is 6.47. The zero-order valence-corrected chi connectivity index (χ0v) is 10.4. The van der Waals surface area contributed by atoms with E-state index < -0.39 is 0 Å². The molecule has 2 saturated heterocycles. The normalized spacial score (nSPS) is 29.2. The van der Waals surface area contributed by atoms with Crippen LogP contribution < -0.4 is 10.6 Å². The molecule has 0 aliphatic carbocycles. The van der Waals surface area contributed by atoms with Gasteiger partial charge in [-0.15, -0.1) is 0 Å². The molecule has 5 nitrogen and oxygen atoms in total. The Morgan fingerprint density at radius 1 is 1.47 bits per heavy atom. The minimum atomic E-state index is -0.278. The van der Waals surface area contributed by atoms with Crippen LogP contribution in [0.2, 0.25) is 0 Å². The van der Waals surface area contributed by atoms with Gasteiger partial charge in [0.05, 0.1) is 0 Å². The van der Waals surface area contributed by atoms with Gasteiger partial charge in [0, 0.05) is 25.6 Å². The first-order chi connectivity index (χ1) is 8.22. The molecule has 2 heterocycles. The number of likely N-dealkylation sites (tertiary alicyclic amines) is 1. The van der Waals surface area contributed by atoms with Gasteiger partial charge in [-0.3, -0.25) is 9.59 Å². The zero-order valence-electron chi connectivity index (χ0n) is 10.4. The summed E-state index contributed by atoms with van der Waals surface area (Å²) < 4.78 is 0. The fourth-order valence-electron chi connectivity index (χ4n) is 2.74. The van der Waals surface area contributed by atoms with Crippen molar-refractivity contribution in [3.63, 3.8) is 0 Å². The minimum absolute atomic E-state index is 0.00512. The van der Waals surface area contributed by atoms with E-state index in [9.17, 15) is 9.59 Å². The summed E-state index contributed by atoms with van der Waals surface area (Å²) in [5, 5.41) is 5.90. The van der Waals surface area contributed by atoms with Gasteiger partial charge >= 0.3 is 0 Å². The van der Waals surface area contributed by atoms with Crippen molar-refractivity contribution in [1.82, 2.24) is 15.5 Å². The molecule has 0 aromatic heterocycles. The van der Waals surface area contributed by atoms with Crippen LogP contribution in [0, 0.1) is 0 Å². The summed E-state index contributed by atoms with van der Waals surface area (Å²) in [7, 11) is 1.91. The first-order valence-corrected chi connectivity index (χ1v) is 6.47. The molecule has 5 heteroatoms. The van der Waals surface area contributed by atoms with Crippen LogP contribution >= 0.6 is 0 Å². The van der Waals surface area contributed by atoms with Crippen LogP contribution in [0.5, 0.6) is 0 Å². The fourth-order valence-corrected chi connectivity index (χ4v) is 2.74. The third-order valence-corrected chi connectivity index (χ3v) is 3.64. The number of carbonyl (C=O) groups is 2. The van der Waals surface area contributed by atoms with E-state index in [0.717, 1.165) is 25.9 Å². The van der Waals surface area contributed by atoms with Crippen molar-refractivity contribution in [2.45, 2.75) is 44.2 Å². The number of amides is 2. The Labute approximate surface area is 102 Å². The van der Waals surface area contributed by atoms with Crippen molar-refractivity contribution in [2.24, 2.45) is 0 Å². The predicted molar refractivity (Wildman–Crippen MR) is 64.4 cm³/mol. The largest absolute Gasteiger partial charge is 0.344 e. The molecule has 2 fully saturated rings. The van der Waals surface area contributed by atoms with Crippen molar-refractivity contribution in [3.8, 4) is 0 Å². The lowest BCUT2D eigenvalue weighted by Crippen LogP contribution is -2.53. The summed E-state index contributed by atoms with van der Waals surface area (Å²) in [5.41, 5.74) is 0. The summed E-state index contributed by atoms with van der Waals surface area (Å²) in [4.78, 5) is 25.4. The molecule has 1 unspecified atom stereocenters. The molecule has 2 rings (SSSR count). The quantitative estimate of drug-likeness (QED) is 0.721. The first kappa shape index (κ1) is 12.4. The van der Waals surface area contributed by atoms with E-state index >= 15 is 0 Å². The second-order valence-corrected chi connectivity index (χ2v) is 4.90. The average Bonchev–Trinajstić information content (AvgIpc) is 2.76. The molecule has 2 amide bonds. The van der Waals surface area contributed by atoms with Gasteiger partial charge in [0.1, 0.15) is 6.04 Å². The predicted octanol–water partition coefficient (Wildman–Crippen LogP) is -0.134. The van der Waals surface area contributed by atoms with E-state index in [2.05, 4.69) is 10.6 Å². The van der Waals surface area contributed by atoms with Crippen molar-refractivity contribution in [2.75, 3.05) is 20.1 Å². The molecule has 2 aliphatic heterocycles. The van der Waals surface area contributed by atoms with E-state index in [4.69, 9.17) is 0 Å². The van der Waals surface area contributed by atoms with Crippen molar-refractivity contribution < 1.29 is 9.59 Å². The topological polar surface area (TPSA) is 61.4 Å². The summed E-state index contributed by atoms with van der Waals surface area (Å²) in [6, 6.07) is 0.0127. The maximum atomic E-state index is 12.3. The average molecular weight is 239 g/mol. The van der Waals surface area contributed by atoms with Crippen molar-refractivity contribution in [1.29, 1.82) is 0 Å². The molecule has 0 saturated carbocycles. The van der Waals surface area contributed by atoms with Crippen LogP contribution in [0.1, 0.15) is 32.1 Å². The van der Waals surface area contributed by atoms with Gasteiger partial charge in [-0.2, -0.15) is 0 Å². The highest BCUT2D eigenvalue weighted by atomic mass is 16.2. The monoisotopic (exact) mass is 239 g/mol. The Hall–Kier alpha value is -1.10. The van der Waals surface area contributed by atoms with Crippen molar-refractivity contribution >= 4 is 11.8 Å². The number of nitrogens with one attached hydrogen (secondary N) is 2. The van der Waals surface area contributed by atoms with E-state index in [0.29, 0.717) is 18.9 Å². The summed E-state index contributed by atoms with van der Waals surface area (Å²) in [6.45, 7) is 1.67. The Morgan fingerprint density at radius 3 is 2.94 bits per heavy atom. The summed E-state index contributed by atoms with van der Waals surface area (Å²) >= 11 is 0. The number of nitrogens with zero attached hydrogens (tertiary/aromatic N) is 1. The third-order valence-electron chi connectivity index (χ3n) is 3.64. The summed E-state index contributed by atoms with van der Waals surface area (Å²) in [6.07, 6.45) is 4.47. The Morgan fingerprint density at radius 2 is 2.29 bits per heavy atom. The Balaban J connectivity index is 1.98. The van der Waals surface area contributed by atoms with Gasteiger partial charge in [-0.25, -0.2) is 0 Å². The lowest BCUT2D eigenvalue weighted by molar-refractivity contribution is -0.137. The minimum Gasteiger partial charge on any atom is -0.344 e. The highest BCUT2D eigenvalue weighted by Gasteiger charge is 2.34. The standard InChI is InChI=1S/C12H21N3O2/c1-13-8-9-4-2-3-7-15(9)12(17)10-5-6-11(16)14-10/h9-10,13H,2-8H2,1H3,(H,14,16)/t9?,10-/m0/s1. The second kappa shape index (κ2) is 5.49.